The molecule has 0 amide bonds. The second-order valence-corrected chi connectivity index (χ2v) is 4.17. The van der Waals surface area contributed by atoms with Crippen molar-refractivity contribution in [2.24, 2.45) is 5.92 Å². The maximum absolute atomic E-state index is 11.8. The number of hydrogen-bond acceptors (Lipinski definition) is 2. The van der Waals surface area contributed by atoms with Crippen molar-refractivity contribution in [3.63, 3.8) is 0 Å². The van der Waals surface area contributed by atoms with Crippen LogP contribution in [0.4, 0.5) is 0 Å². The summed E-state index contributed by atoms with van der Waals surface area (Å²) in [7, 11) is 0. The topological polar surface area (TPSA) is 26.3 Å². The first-order chi connectivity index (χ1) is 8.19. The van der Waals surface area contributed by atoms with E-state index in [2.05, 4.69) is 6.58 Å². The molecule has 0 aliphatic heterocycles. The van der Waals surface area contributed by atoms with Gasteiger partial charge in [-0.1, -0.05) is 50.3 Å². The van der Waals surface area contributed by atoms with E-state index in [9.17, 15) is 4.79 Å². The molecule has 0 bridgehead atoms. The molecule has 1 aromatic rings. The first-order valence-corrected chi connectivity index (χ1v) is 6.05. The van der Waals surface area contributed by atoms with Gasteiger partial charge in [0.15, 0.2) is 0 Å². The average Bonchev–Trinajstić information content (AvgIpc) is 2.38. The number of hydrogen-bond donors (Lipinski definition) is 0. The Hall–Kier alpha value is -1.57. The van der Waals surface area contributed by atoms with Crippen molar-refractivity contribution in [3.05, 3.63) is 48.6 Å². The van der Waals surface area contributed by atoms with Crippen molar-refractivity contribution < 1.29 is 9.53 Å². The molecule has 2 nitrogen and oxygen atoms in total. The highest BCUT2D eigenvalue weighted by molar-refractivity contribution is 5.72. The van der Waals surface area contributed by atoms with Crippen molar-refractivity contribution in [3.8, 4) is 0 Å². The fourth-order valence-corrected chi connectivity index (χ4v) is 1.49. The first-order valence-electron chi connectivity index (χ1n) is 6.05. The highest BCUT2D eigenvalue weighted by Gasteiger charge is 2.18. The number of ether oxygens (including phenoxy) is 1. The summed E-state index contributed by atoms with van der Waals surface area (Å²) in [5.41, 5.74) is 1.02. The van der Waals surface area contributed by atoms with Crippen molar-refractivity contribution in [1.82, 2.24) is 0 Å². The second kappa shape index (κ2) is 6.89. The minimum atomic E-state index is -0.213. The van der Waals surface area contributed by atoms with Gasteiger partial charge in [0.1, 0.15) is 6.10 Å². The van der Waals surface area contributed by atoms with Crippen molar-refractivity contribution in [2.75, 3.05) is 0 Å². The van der Waals surface area contributed by atoms with E-state index in [0.717, 1.165) is 12.0 Å². The van der Waals surface area contributed by atoms with E-state index in [1.807, 2.05) is 44.2 Å². The zero-order valence-corrected chi connectivity index (χ0v) is 10.6. The molecule has 0 radical (unpaired) electrons. The van der Waals surface area contributed by atoms with Crippen LogP contribution in [-0.4, -0.2) is 5.97 Å². The van der Waals surface area contributed by atoms with Crippen molar-refractivity contribution >= 4 is 5.97 Å². The fourth-order valence-electron chi connectivity index (χ4n) is 1.49. The Labute approximate surface area is 103 Å². The molecule has 2 unspecified atom stereocenters. The van der Waals surface area contributed by atoms with Crippen LogP contribution in [0.5, 0.6) is 0 Å². The van der Waals surface area contributed by atoms with E-state index >= 15 is 0 Å². The third-order valence-electron chi connectivity index (χ3n) is 2.83. The summed E-state index contributed by atoms with van der Waals surface area (Å²) in [6, 6.07) is 9.78. The van der Waals surface area contributed by atoms with Crippen LogP contribution < -0.4 is 0 Å². The number of benzene rings is 1. The first kappa shape index (κ1) is 13.5. The van der Waals surface area contributed by atoms with Crippen LogP contribution in [0.25, 0.3) is 0 Å². The minimum Gasteiger partial charge on any atom is -0.457 e. The number of carbonyl (C=O) groups is 1. The third-order valence-corrected chi connectivity index (χ3v) is 2.83. The zero-order valence-electron chi connectivity index (χ0n) is 10.6. The van der Waals surface area contributed by atoms with Crippen LogP contribution in [0.2, 0.25) is 0 Å². The molecule has 17 heavy (non-hydrogen) atoms. The molecule has 2 atom stereocenters. The van der Waals surface area contributed by atoms with E-state index in [-0.39, 0.29) is 18.0 Å². The van der Waals surface area contributed by atoms with E-state index in [0.29, 0.717) is 6.42 Å². The summed E-state index contributed by atoms with van der Waals surface area (Å²) in [5, 5.41) is 0. The molecule has 0 aliphatic carbocycles. The SMILES string of the molecule is C=CCC(OC(=O)C(C)CC)c1ccccc1. The maximum Gasteiger partial charge on any atom is 0.309 e. The Kier molecular flexibility index (Phi) is 5.47. The molecule has 0 aliphatic rings. The van der Waals surface area contributed by atoms with Gasteiger partial charge in [-0.05, 0) is 12.0 Å². The van der Waals surface area contributed by atoms with Gasteiger partial charge in [0.05, 0.1) is 5.92 Å². The average molecular weight is 232 g/mol. The lowest BCUT2D eigenvalue weighted by Gasteiger charge is -2.19. The van der Waals surface area contributed by atoms with Gasteiger partial charge >= 0.3 is 5.97 Å². The molecule has 0 saturated carbocycles. The predicted octanol–water partition coefficient (Wildman–Crippen LogP) is 3.89. The van der Waals surface area contributed by atoms with Gasteiger partial charge in [-0.3, -0.25) is 4.79 Å². The van der Waals surface area contributed by atoms with Crippen molar-refractivity contribution in [1.29, 1.82) is 0 Å². The lowest BCUT2D eigenvalue weighted by molar-refractivity contribution is -0.153. The molecule has 0 heterocycles. The van der Waals surface area contributed by atoms with Crippen LogP contribution in [0.15, 0.2) is 43.0 Å². The summed E-state index contributed by atoms with van der Waals surface area (Å²) in [4.78, 5) is 11.8. The van der Waals surface area contributed by atoms with Crippen molar-refractivity contribution in [2.45, 2.75) is 32.8 Å². The third kappa shape index (κ3) is 4.06. The highest BCUT2D eigenvalue weighted by Crippen LogP contribution is 2.23. The Balaban J connectivity index is 2.74. The Bertz CT molecular complexity index is 356. The van der Waals surface area contributed by atoms with Crippen LogP contribution >= 0.6 is 0 Å². The molecule has 0 fully saturated rings. The van der Waals surface area contributed by atoms with Gasteiger partial charge in [0.25, 0.3) is 0 Å². The molecular weight excluding hydrogens is 212 g/mol. The molecule has 0 saturated heterocycles. The lowest BCUT2D eigenvalue weighted by atomic mass is 10.1. The Morgan fingerprint density at radius 1 is 1.41 bits per heavy atom. The van der Waals surface area contributed by atoms with E-state index < -0.39 is 0 Å². The Morgan fingerprint density at radius 2 is 2.06 bits per heavy atom. The minimum absolute atomic E-state index is 0.0500. The van der Waals surface area contributed by atoms with Gasteiger partial charge < -0.3 is 4.74 Å². The van der Waals surface area contributed by atoms with Gasteiger partial charge in [-0.15, -0.1) is 6.58 Å². The van der Waals surface area contributed by atoms with E-state index in [1.54, 1.807) is 6.08 Å². The summed E-state index contributed by atoms with van der Waals surface area (Å²) >= 11 is 0. The molecule has 92 valence electrons. The van der Waals surface area contributed by atoms with Gasteiger partial charge in [0, 0.05) is 6.42 Å². The largest absolute Gasteiger partial charge is 0.457 e. The zero-order chi connectivity index (χ0) is 12.7. The smallest absolute Gasteiger partial charge is 0.309 e. The highest BCUT2D eigenvalue weighted by atomic mass is 16.5. The lowest BCUT2D eigenvalue weighted by Crippen LogP contribution is -2.17. The monoisotopic (exact) mass is 232 g/mol. The number of rotatable bonds is 6. The van der Waals surface area contributed by atoms with Crippen LogP contribution in [0.3, 0.4) is 0 Å². The van der Waals surface area contributed by atoms with Gasteiger partial charge in [0.2, 0.25) is 0 Å². The number of esters is 1. The van der Waals surface area contributed by atoms with Gasteiger partial charge in [-0.2, -0.15) is 0 Å². The molecule has 0 aromatic heterocycles. The van der Waals surface area contributed by atoms with E-state index in [1.165, 1.54) is 0 Å². The normalized spacial score (nSPS) is 13.8. The predicted molar refractivity (Wildman–Crippen MR) is 69.5 cm³/mol. The molecule has 1 aromatic carbocycles. The second-order valence-electron chi connectivity index (χ2n) is 4.17. The van der Waals surface area contributed by atoms with Crippen LogP contribution in [-0.2, 0) is 9.53 Å². The fraction of sp³-hybridized carbons (Fsp3) is 0.400. The maximum atomic E-state index is 11.8. The summed E-state index contributed by atoms with van der Waals surface area (Å²) < 4.78 is 5.52. The molecule has 2 heteroatoms. The Morgan fingerprint density at radius 3 is 2.59 bits per heavy atom. The molecule has 0 spiro atoms. The van der Waals surface area contributed by atoms with Crippen LogP contribution in [0.1, 0.15) is 38.4 Å². The summed E-state index contributed by atoms with van der Waals surface area (Å²) in [5.74, 6) is -0.186. The summed E-state index contributed by atoms with van der Waals surface area (Å²) in [6.07, 6.45) is 3.01. The molecular formula is C15H20O2. The number of carbonyl (C=O) groups excluding carboxylic acids is 1. The summed E-state index contributed by atoms with van der Waals surface area (Å²) in [6.45, 7) is 7.58. The quantitative estimate of drug-likeness (QED) is 0.549. The molecule has 1 rings (SSSR count). The van der Waals surface area contributed by atoms with Crippen LogP contribution in [0, 0.1) is 5.92 Å². The molecule has 0 N–H and O–H groups in total. The van der Waals surface area contributed by atoms with E-state index in [4.69, 9.17) is 4.74 Å². The standard InChI is InChI=1S/C15H20O2/c1-4-9-14(13-10-7-6-8-11-13)17-15(16)12(3)5-2/h4,6-8,10-12,14H,1,5,9H2,2-3H3. The van der Waals surface area contributed by atoms with Gasteiger partial charge in [-0.25, -0.2) is 0 Å².